The number of carbonyl (C=O) groups excluding carboxylic acids is 1. The van der Waals surface area contributed by atoms with Crippen molar-refractivity contribution in [1.82, 2.24) is 14.5 Å². The van der Waals surface area contributed by atoms with Crippen molar-refractivity contribution in [2.75, 3.05) is 45.0 Å². The fraction of sp³-hybridized carbons (Fsp3) is 0.471. The number of hydrogen-bond donors (Lipinski definition) is 1. The summed E-state index contributed by atoms with van der Waals surface area (Å²) in [7, 11) is -2.10. The van der Waals surface area contributed by atoms with E-state index in [9.17, 15) is 13.2 Å². The number of ether oxygens (including phenoxy) is 2. The zero-order valence-electron chi connectivity index (χ0n) is 16.1. The van der Waals surface area contributed by atoms with Crippen LogP contribution in [-0.2, 0) is 26.0 Å². The molecule has 0 atom stereocenters. The monoisotopic (exact) mass is 458 g/mol. The molecule has 158 valence electrons. The molecule has 12 heteroatoms. The Morgan fingerprint density at radius 2 is 2.10 bits per heavy atom. The summed E-state index contributed by atoms with van der Waals surface area (Å²) in [4.78, 5) is 12.4. The highest BCUT2D eigenvalue weighted by atomic mass is 32.2. The molecule has 1 N–H and O–H groups in total. The number of rotatable bonds is 8. The van der Waals surface area contributed by atoms with Crippen LogP contribution >= 0.6 is 23.1 Å². The average molecular weight is 459 g/mol. The number of aromatic nitrogens is 2. The van der Waals surface area contributed by atoms with Crippen molar-refractivity contribution in [1.29, 1.82) is 0 Å². The molecule has 1 saturated heterocycles. The zero-order chi connectivity index (χ0) is 20.9. The van der Waals surface area contributed by atoms with Crippen LogP contribution in [0.3, 0.4) is 0 Å². The summed E-state index contributed by atoms with van der Waals surface area (Å²) < 4.78 is 38.5. The van der Waals surface area contributed by atoms with E-state index in [1.807, 2.05) is 6.26 Å². The Morgan fingerprint density at radius 3 is 2.76 bits per heavy atom. The number of thioether (sulfide) groups is 1. The summed E-state index contributed by atoms with van der Waals surface area (Å²) in [5.41, 5.74) is 0.652. The third-order valence-electron chi connectivity index (χ3n) is 4.31. The van der Waals surface area contributed by atoms with Crippen molar-refractivity contribution in [2.45, 2.75) is 22.1 Å². The largest absolute Gasteiger partial charge is 0.496 e. The minimum atomic E-state index is -3.62. The van der Waals surface area contributed by atoms with Gasteiger partial charge in [-0.15, -0.1) is 10.2 Å². The number of nitrogens with zero attached hydrogens (tertiary/aromatic N) is 3. The van der Waals surface area contributed by atoms with Crippen LogP contribution in [-0.4, -0.2) is 68.5 Å². The molecule has 0 aliphatic carbocycles. The number of methoxy groups -OCH3 is 1. The Bertz CT molecular complexity index is 958. The number of anilines is 1. The topological polar surface area (TPSA) is 111 Å². The number of amides is 1. The average Bonchev–Trinajstić information content (AvgIpc) is 3.20. The minimum absolute atomic E-state index is 0.158. The Hall–Kier alpha value is -1.73. The number of benzene rings is 1. The van der Waals surface area contributed by atoms with Crippen LogP contribution < -0.4 is 10.1 Å². The summed E-state index contributed by atoms with van der Waals surface area (Å²) in [5, 5.41) is 11.0. The van der Waals surface area contributed by atoms with E-state index in [1.165, 1.54) is 40.6 Å². The van der Waals surface area contributed by atoms with E-state index in [0.29, 0.717) is 49.2 Å². The fourth-order valence-corrected chi connectivity index (χ4v) is 5.46. The molecular formula is C17H22N4O5S3. The first-order chi connectivity index (χ1) is 13.9. The lowest BCUT2D eigenvalue weighted by Gasteiger charge is -2.26. The third-order valence-corrected chi connectivity index (χ3v) is 8.02. The molecule has 2 heterocycles. The molecule has 0 bridgehead atoms. The molecule has 1 fully saturated rings. The van der Waals surface area contributed by atoms with E-state index < -0.39 is 10.0 Å². The summed E-state index contributed by atoms with van der Waals surface area (Å²) >= 11 is 2.76. The van der Waals surface area contributed by atoms with Gasteiger partial charge in [-0.2, -0.15) is 4.31 Å². The van der Waals surface area contributed by atoms with Gasteiger partial charge in [0.25, 0.3) is 0 Å². The minimum Gasteiger partial charge on any atom is -0.496 e. The molecule has 2 aromatic rings. The van der Waals surface area contributed by atoms with Crippen molar-refractivity contribution >= 4 is 44.2 Å². The first kappa shape index (κ1) is 22.0. The van der Waals surface area contributed by atoms with Gasteiger partial charge >= 0.3 is 0 Å². The lowest BCUT2D eigenvalue weighted by atomic mass is 10.1. The van der Waals surface area contributed by atoms with Gasteiger partial charge in [-0.1, -0.05) is 23.1 Å². The van der Waals surface area contributed by atoms with Gasteiger partial charge in [-0.25, -0.2) is 8.42 Å². The molecule has 1 aromatic heterocycles. The highest BCUT2D eigenvalue weighted by molar-refractivity contribution is 8.00. The van der Waals surface area contributed by atoms with Gasteiger partial charge in [0, 0.05) is 19.5 Å². The van der Waals surface area contributed by atoms with Crippen LogP contribution in [0.1, 0.15) is 12.0 Å². The molecule has 0 unspecified atom stereocenters. The van der Waals surface area contributed by atoms with Crippen LogP contribution in [0.2, 0.25) is 0 Å². The molecule has 1 aliphatic heterocycles. The van der Waals surface area contributed by atoms with Gasteiger partial charge in [0.05, 0.1) is 25.2 Å². The van der Waals surface area contributed by atoms with Crippen LogP contribution in [0, 0.1) is 0 Å². The van der Waals surface area contributed by atoms with Gasteiger partial charge in [0.2, 0.25) is 21.1 Å². The second kappa shape index (κ2) is 9.85. The standard InChI is InChI=1S/C17H22N4O5S3/c1-25-14-5-4-13(29(23,24)21-7-9-26-10-8-21)11-12(14)3-6-15(22)18-16-19-20-17(27-2)28-16/h4-5,11H,3,6-10H2,1-2H3,(H,18,19,22). The van der Waals surface area contributed by atoms with Crippen LogP contribution in [0.25, 0.3) is 0 Å². The van der Waals surface area contributed by atoms with Crippen molar-refractivity contribution in [2.24, 2.45) is 0 Å². The number of carbonyl (C=O) groups is 1. The lowest BCUT2D eigenvalue weighted by Crippen LogP contribution is -2.40. The number of sulfonamides is 1. The molecule has 1 aromatic carbocycles. The Kier molecular flexibility index (Phi) is 7.46. The van der Waals surface area contributed by atoms with E-state index in [4.69, 9.17) is 9.47 Å². The first-order valence-corrected chi connectivity index (χ1v) is 12.3. The predicted molar refractivity (Wildman–Crippen MR) is 111 cm³/mol. The number of aryl methyl sites for hydroxylation is 1. The van der Waals surface area contributed by atoms with E-state index in [-0.39, 0.29) is 17.2 Å². The number of morpholine rings is 1. The van der Waals surface area contributed by atoms with Crippen LogP contribution in [0.4, 0.5) is 5.13 Å². The van der Waals surface area contributed by atoms with Gasteiger partial charge in [-0.3, -0.25) is 4.79 Å². The molecule has 3 rings (SSSR count). The molecular weight excluding hydrogens is 436 g/mol. The van der Waals surface area contributed by atoms with E-state index in [2.05, 4.69) is 15.5 Å². The van der Waals surface area contributed by atoms with E-state index in [1.54, 1.807) is 12.1 Å². The fourth-order valence-electron chi connectivity index (χ4n) is 2.82. The Morgan fingerprint density at radius 1 is 1.34 bits per heavy atom. The molecule has 0 saturated carbocycles. The van der Waals surface area contributed by atoms with E-state index >= 15 is 0 Å². The van der Waals surface area contributed by atoms with Crippen molar-refractivity contribution < 1.29 is 22.7 Å². The smallest absolute Gasteiger partial charge is 0.243 e. The van der Waals surface area contributed by atoms with Gasteiger partial charge in [-0.05, 0) is 36.4 Å². The quantitative estimate of drug-likeness (QED) is 0.471. The molecule has 29 heavy (non-hydrogen) atoms. The molecule has 1 aliphatic rings. The van der Waals surface area contributed by atoms with Crippen molar-refractivity contribution in [3.8, 4) is 5.75 Å². The second-order valence-electron chi connectivity index (χ2n) is 6.12. The maximum absolute atomic E-state index is 12.9. The maximum atomic E-state index is 12.9. The highest BCUT2D eigenvalue weighted by Gasteiger charge is 2.27. The van der Waals surface area contributed by atoms with Crippen molar-refractivity contribution in [3.63, 3.8) is 0 Å². The van der Waals surface area contributed by atoms with Gasteiger partial charge in [0.1, 0.15) is 5.75 Å². The summed E-state index contributed by atoms with van der Waals surface area (Å²) in [6.45, 7) is 1.41. The second-order valence-corrected chi connectivity index (χ2v) is 10.1. The lowest BCUT2D eigenvalue weighted by molar-refractivity contribution is -0.116. The maximum Gasteiger partial charge on any atom is 0.243 e. The molecule has 0 radical (unpaired) electrons. The zero-order valence-corrected chi connectivity index (χ0v) is 18.5. The molecule has 9 nitrogen and oxygen atoms in total. The van der Waals surface area contributed by atoms with Gasteiger partial charge in [0.15, 0.2) is 4.34 Å². The van der Waals surface area contributed by atoms with Gasteiger partial charge < -0.3 is 14.8 Å². The van der Waals surface area contributed by atoms with Crippen LogP contribution in [0.5, 0.6) is 5.75 Å². The molecule has 1 amide bonds. The molecule has 0 spiro atoms. The Balaban J connectivity index is 1.70. The van der Waals surface area contributed by atoms with Crippen LogP contribution in [0.15, 0.2) is 27.4 Å². The van der Waals surface area contributed by atoms with E-state index in [0.717, 1.165) is 4.34 Å². The summed E-state index contributed by atoms with van der Waals surface area (Å²) in [6.07, 6.45) is 2.37. The third kappa shape index (κ3) is 5.45. The summed E-state index contributed by atoms with van der Waals surface area (Å²) in [5.74, 6) is 0.316. The number of nitrogens with one attached hydrogen (secondary N) is 1. The highest BCUT2D eigenvalue weighted by Crippen LogP contribution is 2.27. The predicted octanol–water partition coefficient (Wildman–Crippen LogP) is 1.86. The normalized spacial score (nSPS) is 15.2. The first-order valence-electron chi connectivity index (χ1n) is 8.86. The summed E-state index contributed by atoms with van der Waals surface area (Å²) in [6, 6.07) is 4.72. The Labute approximate surface area is 177 Å². The SMILES string of the molecule is COc1ccc(S(=O)(=O)N2CCOCC2)cc1CCC(=O)Nc1nnc(SC)s1. The number of hydrogen-bond acceptors (Lipinski definition) is 9. The van der Waals surface area contributed by atoms with Crippen molar-refractivity contribution in [3.05, 3.63) is 23.8 Å².